The van der Waals surface area contributed by atoms with Gasteiger partial charge in [0.15, 0.2) is 0 Å². The molecule has 0 aliphatic rings. The molecule has 1 nitrogen and oxygen atoms in total. The van der Waals surface area contributed by atoms with Gasteiger partial charge in [-0.3, -0.25) is 0 Å². The van der Waals surface area contributed by atoms with Gasteiger partial charge in [-0.15, -0.1) is 0 Å². The largest absolute Gasteiger partial charge is 0.310 e. The van der Waals surface area contributed by atoms with E-state index in [2.05, 4.69) is 19.2 Å². The molecule has 0 fully saturated rings. The second-order valence-corrected chi connectivity index (χ2v) is 5.22. The predicted molar refractivity (Wildman–Crippen MR) is 77.0 cm³/mol. The molecule has 96 valence electrons. The standard InChI is InChI=1S/C14H21Cl2N/c1-3-5-6-14(17-7-4-2)11-8-12(15)10-13(16)9-11/h8-10,14,17H,3-7H2,1-2H3. The van der Waals surface area contributed by atoms with Crippen LogP contribution in [0, 0.1) is 0 Å². The maximum atomic E-state index is 6.05. The van der Waals surface area contributed by atoms with E-state index >= 15 is 0 Å². The minimum Gasteiger partial charge on any atom is -0.310 e. The van der Waals surface area contributed by atoms with Crippen molar-refractivity contribution in [1.29, 1.82) is 0 Å². The normalized spacial score (nSPS) is 12.7. The fraction of sp³-hybridized carbons (Fsp3) is 0.571. The van der Waals surface area contributed by atoms with Crippen LogP contribution >= 0.6 is 23.2 Å². The van der Waals surface area contributed by atoms with E-state index in [4.69, 9.17) is 23.2 Å². The smallest absolute Gasteiger partial charge is 0.0424 e. The lowest BCUT2D eigenvalue weighted by Gasteiger charge is -2.19. The molecule has 0 saturated heterocycles. The van der Waals surface area contributed by atoms with E-state index in [0.717, 1.165) is 19.4 Å². The third-order valence-electron chi connectivity index (χ3n) is 2.77. The molecular weight excluding hydrogens is 253 g/mol. The number of unbranched alkanes of at least 4 members (excludes halogenated alkanes) is 1. The number of rotatable bonds is 7. The number of nitrogens with one attached hydrogen (secondary N) is 1. The van der Waals surface area contributed by atoms with Crippen molar-refractivity contribution in [3.63, 3.8) is 0 Å². The summed E-state index contributed by atoms with van der Waals surface area (Å²) in [6.07, 6.45) is 4.69. The van der Waals surface area contributed by atoms with Crippen molar-refractivity contribution in [2.24, 2.45) is 0 Å². The summed E-state index contributed by atoms with van der Waals surface area (Å²) in [5.74, 6) is 0. The van der Waals surface area contributed by atoms with Crippen LogP contribution in [-0.2, 0) is 0 Å². The van der Waals surface area contributed by atoms with E-state index in [1.165, 1.54) is 18.4 Å². The quantitative estimate of drug-likeness (QED) is 0.718. The Labute approximate surface area is 115 Å². The lowest BCUT2D eigenvalue weighted by Crippen LogP contribution is -2.22. The first-order valence-electron chi connectivity index (χ1n) is 6.36. The van der Waals surface area contributed by atoms with Gasteiger partial charge in [0.05, 0.1) is 0 Å². The van der Waals surface area contributed by atoms with Gasteiger partial charge < -0.3 is 5.32 Å². The Hall–Kier alpha value is -0.240. The minimum atomic E-state index is 0.367. The van der Waals surface area contributed by atoms with Crippen LogP contribution in [0.5, 0.6) is 0 Å². The summed E-state index contributed by atoms with van der Waals surface area (Å²) < 4.78 is 0. The molecular formula is C14H21Cl2N. The first kappa shape index (κ1) is 14.8. The predicted octanol–water partition coefficient (Wildman–Crippen LogP) is 5.22. The highest BCUT2D eigenvalue weighted by atomic mass is 35.5. The number of hydrogen-bond acceptors (Lipinski definition) is 1. The highest BCUT2D eigenvalue weighted by molar-refractivity contribution is 6.34. The van der Waals surface area contributed by atoms with Gasteiger partial charge in [-0.2, -0.15) is 0 Å². The van der Waals surface area contributed by atoms with Crippen LogP contribution in [0.25, 0.3) is 0 Å². The van der Waals surface area contributed by atoms with Crippen LogP contribution < -0.4 is 5.32 Å². The molecule has 0 heterocycles. The van der Waals surface area contributed by atoms with Crippen molar-refractivity contribution < 1.29 is 0 Å². The molecule has 1 N–H and O–H groups in total. The van der Waals surface area contributed by atoms with Gasteiger partial charge in [0.2, 0.25) is 0 Å². The summed E-state index contributed by atoms with van der Waals surface area (Å²) in [6, 6.07) is 6.17. The van der Waals surface area contributed by atoms with Crippen molar-refractivity contribution in [3.8, 4) is 0 Å². The minimum absolute atomic E-state index is 0.367. The Bertz CT molecular complexity index is 311. The molecule has 0 aliphatic carbocycles. The van der Waals surface area contributed by atoms with Crippen molar-refractivity contribution in [2.75, 3.05) is 6.54 Å². The Morgan fingerprint density at radius 1 is 1.06 bits per heavy atom. The summed E-state index contributed by atoms with van der Waals surface area (Å²) in [7, 11) is 0. The van der Waals surface area contributed by atoms with Gasteiger partial charge in [0.25, 0.3) is 0 Å². The zero-order valence-electron chi connectivity index (χ0n) is 10.6. The summed E-state index contributed by atoms with van der Waals surface area (Å²) in [5, 5.41) is 4.99. The molecule has 17 heavy (non-hydrogen) atoms. The molecule has 1 unspecified atom stereocenters. The van der Waals surface area contributed by atoms with Gasteiger partial charge in [0.1, 0.15) is 0 Å². The number of halogens is 2. The van der Waals surface area contributed by atoms with Crippen LogP contribution in [0.2, 0.25) is 10.0 Å². The van der Waals surface area contributed by atoms with E-state index in [1.54, 1.807) is 6.07 Å². The first-order valence-corrected chi connectivity index (χ1v) is 7.12. The maximum absolute atomic E-state index is 6.05. The maximum Gasteiger partial charge on any atom is 0.0424 e. The lowest BCUT2D eigenvalue weighted by molar-refractivity contribution is 0.481. The van der Waals surface area contributed by atoms with Crippen LogP contribution in [0.4, 0.5) is 0 Å². The summed E-state index contributed by atoms with van der Waals surface area (Å²) in [4.78, 5) is 0. The molecule has 0 radical (unpaired) electrons. The molecule has 0 amide bonds. The van der Waals surface area contributed by atoms with Crippen LogP contribution in [-0.4, -0.2) is 6.54 Å². The summed E-state index contributed by atoms with van der Waals surface area (Å²) >= 11 is 12.1. The van der Waals surface area contributed by atoms with Crippen molar-refractivity contribution in [2.45, 2.75) is 45.6 Å². The lowest BCUT2D eigenvalue weighted by atomic mass is 10.0. The van der Waals surface area contributed by atoms with E-state index in [0.29, 0.717) is 16.1 Å². The fourth-order valence-corrected chi connectivity index (χ4v) is 2.43. The third kappa shape index (κ3) is 5.29. The van der Waals surface area contributed by atoms with Gasteiger partial charge in [-0.1, -0.05) is 49.9 Å². The molecule has 0 aliphatic heterocycles. The number of benzene rings is 1. The third-order valence-corrected chi connectivity index (χ3v) is 3.21. The zero-order valence-corrected chi connectivity index (χ0v) is 12.1. The monoisotopic (exact) mass is 273 g/mol. The van der Waals surface area contributed by atoms with Gasteiger partial charge >= 0.3 is 0 Å². The highest BCUT2D eigenvalue weighted by Gasteiger charge is 2.11. The van der Waals surface area contributed by atoms with Crippen LogP contribution in [0.15, 0.2) is 18.2 Å². The van der Waals surface area contributed by atoms with Crippen molar-refractivity contribution in [1.82, 2.24) is 5.32 Å². The second-order valence-electron chi connectivity index (χ2n) is 4.35. The molecule has 1 aromatic rings. The SMILES string of the molecule is CCCCC(NCCC)c1cc(Cl)cc(Cl)c1. The molecule has 1 atom stereocenters. The fourth-order valence-electron chi connectivity index (χ4n) is 1.89. The Balaban J connectivity index is 2.78. The Morgan fingerprint density at radius 3 is 2.24 bits per heavy atom. The van der Waals surface area contributed by atoms with Gasteiger partial charge in [-0.05, 0) is 43.1 Å². The van der Waals surface area contributed by atoms with Gasteiger partial charge in [-0.25, -0.2) is 0 Å². The number of hydrogen-bond donors (Lipinski definition) is 1. The average molecular weight is 274 g/mol. The molecule has 0 aromatic heterocycles. The van der Waals surface area contributed by atoms with E-state index < -0.39 is 0 Å². The summed E-state index contributed by atoms with van der Waals surface area (Å²) in [6.45, 7) is 5.41. The zero-order chi connectivity index (χ0) is 12.7. The van der Waals surface area contributed by atoms with E-state index in [1.807, 2.05) is 12.1 Å². The van der Waals surface area contributed by atoms with E-state index in [9.17, 15) is 0 Å². The Morgan fingerprint density at radius 2 is 1.71 bits per heavy atom. The van der Waals surface area contributed by atoms with Crippen LogP contribution in [0.3, 0.4) is 0 Å². The molecule has 0 bridgehead atoms. The van der Waals surface area contributed by atoms with Gasteiger partial charge in [0, 0.05) is 16.1 Å². The molecule has 0 spiro atoms. The second kappa shape index (κ2) is 7.97. The van der Waals surface area contributed by atoms with Crippen molar-refractivity contribution in [3.05, 3.63) is 33.8 Å². The molecule has 0 saturated carbocycles. The first-order chi connectivity index (χ1) is 8.17. The van der Waals surface area contributed by atoms with Crippen LogP contribution in [0.1, 0.15) is 51.1 Å². The topological polar surface area (TPSA) is 12.0 Å². The molecule has 1 aromatic carbocycles. The summed E-state index contributed by atoms with van der Waals surface area (Å²) in [5.41, 5.74) is 1.20. The average Bonchev–Trinajstić information content (AvgIpc) is 2.28. The Kier molecular flexibility index (Phi) is 6.94. The molecule has 1 rings (SSSR count). The van der Waals surface area contributed by atoms with Crippen molar-refractivity contribution >= 4 is 23.2 Å². The highest BCUT2D eigenvalue weighted by Crippen LogP contribution is 2.26. The molecule has 3 heteroatoms. The van der Waals surface area contributed by atoms with E-state index in [-0.39, 0.29) is 0 Å².